The van der Waals surface area contributed by atoms with Crippen molar-refractivity contribution in [3.63, 3.8) is 0 Å². The van der Waals surface area contributed by atoms with E-state index in [2.05, 4.69) is 4.72 Å². The van der Waals surface area contributed by atoms with Crippen LogP contribution in [0.3, 0.4) is 0 Å². The zero-order valence-corrected chi connectivity index (χ0v) is 17.1. The minimum absolute atomic E-state index is 0.00476. The average molecular weight is 388 g/mol. The highest BCUT2D eigenvalue weighted by atomic mass is 32.2. The molecule has 25 heavy (non-hydrogen) atoms. The van der Waals surface area contributed by atoms with E-state index in [0.717, 1.165) is 0 Å². The Balaban J connectivity index is 6.05. The zero-order valence-electron chi connectivity index (χ0n) is 16.3. The van der Waals surface area contributed by atoms with E-state index in [1.54, 1.807) is 27.7 Å². The normalized spacial score (nSPS) is 17.9. The molecule has 0 rings (SSSR count). The lowest BCUT2D eigenvalue weighted by Gasteiger charge is -2.40. The summed E-state index contributed by atoms with van der Waals surface area (Å²) in [5.41, 5.74) is -1.81. The Morgan fingerprint density at radius 1 is 1.16 bits per heavy atom. The highest BCUT2D eigenvalue weighted by molar-refractivity contribution is 7.84. The first-order chi connectivity index (χ1) is 11.2. The summed E-state index contributed by atoms with van der Waals surface area (Å²) < 4.78 is 60.3. The Morgan fingerprint density at radius 3 is 2.00 bits per heavy atom. The van der Waals surface area contributed by atoms with E-state index in [0.29, 0.717) is 6.42 Å². The lowest BCUT2D eigenvalue weighted by atomic mass is 9.73. The van der Waals surface area contributed by atoms with E-state index in [-0.39, 0.29) is 25.4 Å². The number of ether oxygens (including phenoxy) is 1. The van der Waals surface area contributed by atoms with Crippen LogP contribution in [0.1, 0.15) is 67.7 Å². The van der Waals surface area contributed by atoms with E-state index < -0.39 is 39.3 Å². The molecule has 150 valence electrons. The molecule has 0 heterocycles. The number of nitrogens with one attached hydrogen (secondary N) is 1. The number of carbonyl (C=O) groups excluding carboxylic acids is 1. The molecule has 0 aliphatic rings. The summed E-state index contributed by atoms with van der Waals surface area (Å²) in [6.07, 6.45) is -4.35. The number of esters is 1. The predicted octanol–water partition coefficient (Wildman–Crippen LogP) is 4.36. The summed E-state index contributed by atoms with van der Waals surface area (Å²) in [5, 5.41) is 0. The van der Waals surface area contributed by atoms with E-state index in [4.69, 9.17) is 4.74 Å². The van der Waals surface area contributed by atoms with Gasteiger partial charge in [0.2, 0.25) is 0 Å². The first-order valence-electron chi connectivity index (χ1n) is 8.64. The van der Waals surface area contributed by atoms with Crippen molar-refractivity contribution in [2.24, 2.45) is 11.3 Å². The Morgan fingerprint density at radius 2 is 1.68 bits per heavy atom. The molecule has 0 bridgehead atoms. The predicted molar refractivity (Wildman–Crippen MR) is 94.3 cm³/mol. The first-order valence-corrected chi connectivity index (χ1v) is 9.79. The molecule has 0 aromatic carbocycles. The second kappa shape index (κ2) is 9.35. The Bertz CT molecular complexity index is 461. The van der Waals surface area contributed by atoms with Crippen molar-refractivity contribution in [2.45, 2.75) is 84.7 Å². The maximum atomic E-state index is 13.9. The summed E-state index contributed by atoms with van der Waals surface area (Å²) >= 11 is 0. The number of carbonyl (C=O) groups is 1. The quantitative estimate of drug-likeness (QED) is 0.598. The SMILES string of the molecule is CCOC(=O)[C@@](CC)(CCC(C)C)[C@H](N[S@@](=O)C(C)(C)C)C(F)(F)F. The van der Waals surface area contributed by atoms with Crippen molar-refractivity contribution >= 4 is 17.0 Å². The van der Waals surface area contributed by atoms with Gasteiger partial charge in [-0.15, -0.1) is 0 Å². The van der Waals surface area contributed by atoms with Crippen LogP contribution in [-0.2, 0) is 20.5 Å². The molecule has 0 unspecified atom stereocenters. The highest BCUT2D eigenvalue weighted by Gasteiger charge is 2.58. The molecule has 8 heteroatoms. The van der Waals surface area contributed by atoms with Crippen LogP contribution in [0.5, 0.6) is 0 Å². The van der Waals surface area contributed by atoms with Gasteiger partial charge >= 0.3 is 12.1 Å². The Kier molecular flexibility index (Phi) is 9.11. The number of halogens is 3. The molecule has 0 fully saturated rings. The van der Waals surface area contributed by atoms with Crippen LogP contribution in [0.4, 0.5) is 13.2 Å². The van der Waals surface area contributed by atoms with Crippen molar-refractivity contribution < 1.29 is 26.9 Å². The highest BCUT2D eigenvalue weighted by Crippen LogP contribution is 2.43. The maximum Gasteiger partial charge on any atom is 0.405 e. The van der Waals surface area contributed by atoms with Crippen molar-refractivity contribution in [1.29, 1.82) is 0 Å². The van der Waals surface area contributed by atoms with Crippen molar-refractivity contribution in [2.75, 3.05) is 6.61 Å². The molecule has 3 atom stereocenters. The minimum Gasteiger partial charge on any atom is -0.466 e. The molecule has 0 radical (unpaired) electrons. The number of alkyl halides is 3. The van der Waals surface area contributed by atoms with E-state index in [1.807, 2.05) is 13.8 Å². The molecule has 1 N–H and O–H groups in total. The van der Waals surface area contributed by atoms with Crippen LogP contribution in [-0.4, -0.2) is 33.8 Å². The molecule has 0 spiro atoms. The zero-order chi connectivity index (χ0) is 20.1. The topological polar surface area (TPSA) is 55.4 Å². The molecule has 0 amide bonds. The van der Waals surface area contributed by atoms with Crippen molar-refractivity contribution in [1.82, 2.24) is 4.72 Å². The first kappa shape index (κ1) is 24.4. The Labute approximate surface area is 151 Å². The van der Waals surface area contributed by atoms with Crippen LogP contribution in [0, 0.1) is 11.3 Å². The smallest absolute Gasteiger partial charge is 0.405 e. The molecule has 0 saturated carbocycles. The van der Waals surface area contributed by atoms with Gasteiger partial charge in [-0.25, -0.2) is 8.93 Å². The van der Waals surface area contributed by atoms with Crippen LogP contribution in [0.15, 0.2) is 0 Å². The maximum absolute atomic E-state index is 13.9. The molecule has 0 aromatic heterocycles. The number of hydrogen-bond acceptors (Lipinski definition) is 3. The third-order valence-electron chi connectivity index (χ3n) is 4.14. The van der Waals surface area contributed by atoms with Crippen molar-refractivity contribution in [3.05, 3.63) is 0 Å². The van der Waals surface area contributed by atoms with Crippen LogP contribution in [0.2, 0.25) is 0 Å². The lowest BCUT2D eigenvalue weighted by Crippen LogP contribution is -2.60. The van der Waals surface area contributed by atoms with E-state index in [1.165, 1.54) is 6.92 Å². The Hall–Kier alpha value is -0.630. The standard InChI is InChI=1S/C17H32F3NO3S/c1-8-16(11-10-12(3)4,14(22)24-9-2)13(17(18,19)20)21-25(23)15(5,6)7/h12-13,21H,8-11H2,1-7H3/t13-,16-,25-/m0/s1. The summed E-state index contributed by atoms with van der Waals surface area (Å²) in [6, 6.07) is -2.23. The summed E-state index contributed by atoms with van der Waals surface area (Å²) in [5.74, 6) is -0.763. The van der Waals surface area contributed by atoms with E-state index >= 15 is 0 Å². The molecule has 4 nitrogen and oxygen atoms in total. The monoisotopic (exact) mass is 387 g/mol. The van der Waals surface area contributed by atoms with Gasteiger partial charge in [-0.05, 0) is 52.9 Å². The molecular formula is C17H32F3NO3S. The van der Waals surface area contributed by atoms with Gasteiger partial charge in [-0.3, -0.25) is 4.79 Å². The van der Waals surface area contributed by atoms with Crippen molar-refractivity contribution in [3.8, 4) is 0 Å². The summed E-state index contributed by atoms with van der Waals surface area (Å²) in [7, 11) is -1.97. The van der Waals surface area contributed by atoms with Gasteiger partial charge in [0.25, 0.3) is 0 Å². The lowest BCUT2D eigenvalue weighted by molar-refractivity contribution is -0.197. The van der Waals surface area contributed by atoms with Crippen LogP contribution < -0.4 is 4.72 Å². The molecule has 0 saturated heterocycles. The van der Waals surface area contributed by atoms with Crippen LogP contribution >= 0.6 is 0 Å². The second-order valence-electron chi connectivity index (χ2n) is 7.64. The second-order valence-corrected chi connectivity index (χ2v) is 9.63. The molecule has 0 aliphatic carbocycles. The fourth-order valence-corrected chi connectivity index (χ4v) is 3.41. The van der Waals surface area contributed by atoms with Gasteiger partial charge < -0.3 is 4.74 Å². The molecular weight excluding hydrogens is 355 g/mol. The number of hydrogen-bond donors (Lipinski definition) is 1. The summed E-state index contributed by atoms with van der Waals surface area (Å²) in [4.78, 5) is 12.6. The average Bonchev–Trinajstić information content (AvgIpc) is 2.44. The van der Waals surface area contributed by atoms with Gasteiger partial charge in [-0.2, -0.15) is 13.2 Å². The fourth-order valence-electron chi connectivity index (χ4n) is 2.49. The largest absolute Gasteiger partial charge is 0.466 e. The molecule has 0 aromatic rings. The minimum atomic E-state index is -4.74. The fraction of sp³-hybridized carbons (Fsp3) is 0.941. The van der Waals surface area contributed by atoms with Gasteiger partial charge in [0.1, 0.15) is 6.04 Å². The third-order valence-corrected chi connectivity index (χ3v) is 5.70. The van der Waals surface area contributed by atoms with Gasteiger partial charge in [-0.1, -0.05) is 20.8 Å². The van der Waals surface area contributed by atoms with Gasteiger partial charge in [0.05, 0.1) is 27.8 Å². The van der Waals surface area contributed by atoms with Gasteiger partial charge in [0, 0.05) is 0 Å². The van der Waals surface area contributed by atoms with Crippen LogP contribution in [0.25, 0.3) is 0 Å². The van der Waals surface area contributed by atoms with Gasteiger partial charge in [0.15, 0.2) is 0 Å². The third kappa shape index (κ3) is 6.89. The molecule has 0 aliphatic heterocycles. The van der Waals surface area contributed by atoms with E-state index in [9.17, 15) is 22.2 Å². The number of rotatable bonds is 9. The summed E-state index contributed by atoms with van der Waals surface area (Å²) in [6.45, 7) is 11.6.